The van der Waals surface area contributed by atoms with Crippen LogP contribution in [0.25, 0.3) is 0 Å². The highest BCUT2D eigenvalue weighted by molar-refractivity contribution is 5.73. The molecule has 5 heteroatoms. The second kappa shape index (κ2) is 7.07. The third kappa shape index (κ3) is 3.39. The van der Waals surface area contributed by atoms with Crippen molar-refractivity contribution >= 4 is 11.8 Å². The lowest BCUT2D eigenvalue weighted by molar-refractivity contribution is -0.148. The number of ether oxygens (including phenoxy) is 1. The van der Waals surface area contributed by atoms with E-state index in [4.69, 9.17) is 4.74 Å². The molecule has 0 spiro atoms. The smallest absolute Gasteiger partial charge is 0.310 e. The first-order valence-corrected chi connectivity index (χ1v) is 8.51. The highest BCUT2D eigenvalue weighted by Crippen LogP contribution is 2.34. The van der Waals surface area contributed by atoms with E-state index in [0.29, 0.717) is 19.1 Å². The summed E-state index contributed by atoms with van der Waals surface area (Å²) in [6.45, 7) is 3.97. The number of carbonyl (C=O) groups is 1. The Labute approximate surface area is 132 Å². The highest BCUT2D eigenvalue weighted by atomic mass is 16.5. The average Bonchev–Trinajstić information content (AvgIpc) is 3.10. The zero-order chi connectivity index (χ0) is 15.4. The van der Waals surface area contributed by atoms with Gasteiger partial charge in [0, 0.05) is 30.8 Å². The van der Waals surface area contributed by atoms with Crippen LogP contribution in [-0.4, -0.2) is 35.6 Å². The van der Waals surface area contributed by atoms with Gasteiger partial charge in [-0.1, -0.05) is 12.8 Å². The number of anilines is 1. The van der Waals surface area contributed by atoms with Crippen LogP contribution in [0.15, 0.2) is 12.4 Å². The predicted octanol–water partition coefficient (Wildman–Crippen LogP) is 2.91. The number of piperidine rings is 1. The van der Waals surface area contributed by atoms with Crippen LogP contribution in [0.4, 0.5) is 5.82 Å². The van der Waals surface area contributed by atoms with Crippen LogP contribution in [-0.2, 0) is 9.53 Å². The van der Waals surface area contributed by atoms with Gasteiger partial charge in [0.15, 0.2) is 0 Å². The zero-order valence-electron chi connectivity index (χ0n) is 13.3. The van der Waals surface area contributed by atoms with Gasteiger partial charge in [-0.15, -0.1) is 0 Å². The molecular formula is C17H25N3O2. The number of nitrogens with zero attached hydrogens (tertiary/aromatic N) is 3. The molecule has 1 aromatic heterocycles. The topological polar surface area (TPSA) is 55.3 Å². The van der Waals surface area contributed by atoms with Gasteiger partial charge in [-0.3, -0.25) is 4.79 Å². The van der Waals surface area contributed by atoms with E-state index >= 15 is 0 Å². The second-order valence-corrected chi connectivity index (χ2v) is 6.32. The van der Waals surface area contributed by atoms with E-state index < -0.39 is 0 Å². The molecule has 0 amide bonds. The first-order valence-electron chi connectivity index (χ1n) is 8.51. The Bertz CT molecular complexity index is 514. The van der Waals surface area contributed by atoms with Crippen LogP contribution >= 0.6 is 0 Å². The summed E-state index contributed by atoms with van der Waals surface area (Å²) < 4.78 is 5.17. The largest absolute Gasteiger partial charge is 0.466 e. The molecule has 1 unspecified atom stereocenters. The molecule has 1 saturated carbocycles. The first-order chi connectivity index (χ1) is 10.8. The molecule has 0 radical (unpaired) electrons. The minimum Gasteiger partial charge on any atom is -0.466 e. The monoisotopic (exact) mass is 303 g/mol. The number of carbonyl (C=O) groups excluding carboxylic acids is 1. The molecular weight excluding hydrogens is 278 g/mol. The van der Waals surface area contributed by atoms with Crippen molar-refractivity contribution < 1.29 is 9.53 Å². The molecule has 2 fully saturated rings. The van der Waals surface area contributed by atoms with Gasteiger partial charge in [-0.2, -0.15) is 0 Å². The van der Waals surface area contributed by atoms with Crippen molar-refractivity contribution in [1.29, 1.82) is 0 Å². The van der Waals surface area contributed by atoms with Crippen LogP contribution in [0.2, 0.25) is 0 Å². The summed E-state index contributed by atoms with van der Waals surface area (Å²) in [6.07, 6.45) is 8.68. The lowest BCUT2D eigenvalue weighted by atomic mass is 9.98. The summed E-state index contributed by atoms with van der Waals surface area (Å²) in [6, 6.07) is 2.13. The maximum absolute atomic E-state index is 12.0. The van der Waals surface area contributed by atoms with Gasteiger partial charge in [0.25, 0.3) is 0 Å². The molecule has 1 aliphatic carbocycles. The summed E-state index contributed by atoms with van der Waals surface area (Å²) >= 11 is 0. The van der Waals surface area contributed by atoms with Crippen LogP contribution < -0.4 is 4.90 Å². The Morgan fingerprint density at radius 2 is 2.09 bits per heavy atom. The standard InChI is InChI=1S/C17H25N3O2/c1-2-22-17(21)14-8-5-9-20(11-14)16-10-15(18-12-19-16)13-6-3-4-7-13/h10,12-14H,2-9,11H2,1H3. The second-order valence-electron chi connectivity index (χ2n) is 6.32. The number of esters is 1. The van der Waals surface area contributed by atoms with Crippen LogP contribution in [0.3, 0.4) is 0 Å². The summed E-state index contributed by atoms with van der Waals surface area (Å²) in [5.74, 6) is 1.45. The quantitative estimate of drug-likeness (QED) is 0.801. The molecule has 0 aromatic carbocycles. The van der Waals surface area contributed by atoms with Crippen molar-refractivity contribution in [2.45, 2.75) is 51.4 Å². The van der Waals surface area contributed by atoms with Gasteiger partial charge < -0.3 is 9.64 Å². The normalized spacial score (nSPS) is 22.8. The Morgan fingerprint density at radius 3 is 2.86 bits per heavy atom. The van der Waals surface area contributed by atoms with E-state index in [-0.39, 0.29) is 11.9 Å². The zero-order valence-corrected chi connectivity index (χ0v) is 13.3. The SMILES string of the molecule is CCOC(=O)C1CCCN(c2cc(C3CCCC3)ncn2)C1. The highest BCUT2D eigenvalue weighted by Gasteiger charge is 2.28. The van der Waals surface area contributed by atoms with Crippen molar-refractivity contribution in [2.24, 2.45) is 5.92 Å². The maximum Gasteiger partial charge on any atom is 0.310 e. The van der Waals surface area contributed by atoms with Gasteiger partial charge in [0.05, 0.1) is 12.5 Å². The summed E-state index contributed by atoms with van der Waals surface area (Å²) in [4.78, 5) is 23.1. The number of rotatable bonds is 4. The third-order valence-electron chi connectivity index (χ3n) is 4.81. The average molecular weight is 303 g/mol. The van der Waals surface area contributed by atoms with Gasteiger partial charge in [0.2, 0.25) is 0 Å². The lowest BCUT2D eigenvalue weighted by Gasteiger charge is -2.32. The van der Waals surface area contributed by atoms with Gasteiger partial charge >= 0.3 is 5.97 Å². The third-order valence-corrected chi connectivity index (χ3v) is 4.81. The van der Waals surface area contributed by atoms with E-state index in [2.05, 4.69) is 20.9 Å². The van der Waals surface area contributed by atoms with Crippen molar-refractivity contribution in [1.82, 2.24) is 9.97 Å². The fraction of sp³-hybridized carbons (Fsp3) is 0.706. The van der Waals surface area contributed by atoms with Crippen LogP contribution in [0.1, 0.15) is 57.1 Å². The van der Waals surface area contributed by atoms with Crippen LogP contribution in [0.5, 0.6) is 0 Å². The molecule has 1 aromatic rings. The Balaban J connectivity index is 1.70. The van der Waals surface area contributed by atoms with Gasteiger partial charge in [-0.25, -0.2) is 9.97 Å². The molecule has 0 N–H and O–H groups in total. The van der Waals surface area contributed by atoms with Crippen molar-refractivity contribution in [2.75, 3.05) is 24.6 Å². The van der Waals surface area contributed by atoms with E-state index in [0.717, 1.165) is 25.2 Å². The number of aromatic nitrogens is 2. The molecule has 1 atom stereocenters. The van der Waals surface area contributed by atoms with Crippen molar-refractivity contribution in [3.8, 4) is 0 Å². The molecule has 120 valence electrons. The Hall–Kier alpha value is -1.65. The molecule has 2 aliphatic rings. The Kier molecular flexibility index (Phi) is 4.90. The Morgan fingerprint density at radius 1 is 1.27 bits per heavy atom. The maximum atomic E-state index is 12.0. The van der Waals surface area contributed by atoms with E-state index in [9.17, 15) is 4.79 Å². The number of hydrogen-bond donors (Lipinski definition) is 0. The van der Waals surface area contributed by atoms with Gasteiger partial charge in [0.1, 0.15) is 12.1 Å². The minimum atomic E-state index is -0.0720. The molecule has 1 aliphatic heterocycles. The predicted molar refractivity (Wildman–Crippen MR) is 84.8 cm³/mol. The summed E-state index contributed by atoms with van der Waals surface area (Å²) in [7, 11) is 0. The van der Waals surface area contributed by atoms with Crippen molar-refractivity contribution in [3.63, 3.8) is 0 Å². The fourth-order valence-corrected chi connectivity index (χ4v) is 3.62. The first kappa shape index (κ1) is 15.3. The van der Waals surface area contributed by atoms with Gasteiger partial charge in [-0.05, 0) is 32.6 Å². The molecule has 2 heterocycles. The van der Waals surface area contributed by atoms with Crippen LogP contribution in [0, 0.1) is 5.92 Å². The fourth-order valence-electron chi connectivity index (χ4n) is 3.62. The molecule has 22 heavy (non-hydrogen) atoms. The van der Waals surface area contributed by atoms with E-state index in [1.807, 2.05) is 6.92 Å². The van der Waals surface area contributed by atoms with Crippen molar-refractivity contribution in [3.05, 3.63) is 18.1 Å². The molecule has 3 rings (SSSR count). The van der Waals surface area contributed by atoms with E-state index in [1.165, 1.54) is 31.4 Å². The summed E-state index contributed by atoms with van der Waals surface area (Å²) in [5.41, 5.74) is 1.17. The molecule has 5 nitrogen and oxygen atoms in total. The molecule has 1 saturated heterocycles. The minimum absolute atomic E-state index is 0.0291. The summed E-state index contributed by atoms with van der Waals surface area (Å²) in [5, 5.41) is 0. The van der Waals surface area contributed by atoms with E-state index in [1.54, 1.807) is 6.33 Å². The lowest BCUT2D eigenvalue weighted by Crippen LogP contribution is -2.40. The number of hydrogen-bond acceptors (Lipinski definition) is 5. The molecule has 0 bridgehead atoms.